The Kier molecular flexibility index (Phi) is 7.95. The van der Waals surface area contributed by atoms with Crippen LogP contribution in [0.4, 0.5) is 5.69 Å². The summed E-state index contributed by atoms with van der Waals surface area (Å²) in [6, 6.07) is 22.8. The lowest BCUT2D eigenvalue weighted by molar-refractivity contribution is 0.158. The highest BCUT2D eigenvalue weighted by molar-refractivity contribution is 7.92. The Labute approximate surface area is 238 Å². The monoisotopic (exact) mass is 576 g/mol. The van der Waals surface area contributed by atoms with Gasteiger partial charge in [-0.3, -0.25) is 4.72 Å². The Balaban J connectivity index is 1.18. The maximum atomic E-state index is 12.7. The van der Waals surface area contributed by atoms with Gasteiger partial charge in [0.1, 0.15) is 5.75 Å². The van der Waals surface area contributed by atoms with E-state index in [4.69, 9.17) is 0 Å². The van der Waals surface area contributed by atoms with Crippen LogP contribution in [0.3, 0.4) is 0 Å². The highest BCUT2D eigenvalue weighted by Gasteiger charge is 2.21. The number of aliphatic hydroxyl groups excluding tert-OH is 1. The van der Waals surface area contributed by atoms with Crippen LogP contribution in [0.15, 0.2) is 96.3 Å². The number of phenolic OH excluding ortho intramolecular Hbond substituents is 1. The molecule has 4 N–H and O–H groups in total. The number of hydrogen-bond acceptors (Lipinski definition) is 7. The number of nitrogens with zero attached hydrogens (tertiary/aromatic N) is 2. The van der Waals surface area contributed by atoms with Crippen LogP contribution in [0.5, 0.6) is 5.75 Å². The Bertz CT molecular complexity index is 1680. The molecule has 40 heavy (non-hydrogen) atoms. The van der Waals surface area contributed by atoms with Crippen LogP contribution in [-0.2, 0) is 16.6 Å². The minimum absolute atomic E-state index is 0.00853. The number of rotatable bonds is 11. The summed E-state index contributed by atoms with van der Waals surface area (Å²) in [6.45, 7) is 5.14. The second kappa shape index (κ2) is 11.4. The number of aromatic nitrogens is 2. The molecule has 0 saturated heterocycles. The Morgan fingerprint density at radius 2 is 1.77 bits per heavy atom. The number of benzene rings is 3. The van der Waals surface area contributed by atoms with Crippen LogP contribution in [0.1, 0.15) is 31.9 Å². The Morgan fingerprint density at radius 3 is 2.55 bits per heavy atom. The summed E-state index contributed by atoms with van der Waals surface area (Å²) in [6.07, 6.45) is 3.79. The maximum Gasteiger partial charge on any atom is 0.262 e. The molecule has 0 amide bonds. The van der Waals surface area contributed by atoms with Crippen molar-refractivity contribution in [3.05, 3.63) is 97.0 Å². The Hall–Kier alpha value is -3.70. The van der Waals surface area contributed by atoms with Crippen molar-refractivity contribution in [1.82, 2.24) is 14.9 Å². The molecule has 1 unspecified atom stereocenters. The number of aliphatic hydroxyl groups is 1. The van der Waals surface area contributed by atoms with Gasteiger partial charge in [-0.1, -0.05) is 42.5 Å². The van der Waals surface area contributed by atoms with Gasteiger partial charge in [0.25, 0.3) is 10.0 Å². The molecule has 208 valence electrons. The van der Waals surface area contributed by atoms with Gasteiger partial charge in [-0.2, -0.15) is 0 Å². The normalized spacial score (nSPS) is 13.0. The smallest absolute Gasteiger partial charge is 0.262 e. The lowest BCUT2D eigenvalue weighted by Crippen LogP contribution is -2.42. The van der Waals surface area contributed by atoms with E-state index in [-0.39, 0.29) is 28.4 Å². The molecule has 5 aromatic rings. The van der Waals surface area contributed by atoms with Crippen LogP contribution in [0, 0.1) is 0 Å². The van der Waals surface area contributed by atoms with Crippen molar-refractivity contribution in [3.8, 4) is 16.3 Å². The molecule has 0 bridgehead atoms. The number of phenols is 1. The van der Waals surface area contributed by atoms with E-state index in [0.717, 1.165) is 23.5 Å². The number of fused-ring (bicyclic) bond motifs is 1. The number of aryl methyl sites for hydroxylation is 1. The molecular weight excluding hydrogens is 544 g/mol. The van der Waals surface area contributed by atoms with Gasteiger partial charge in [0.05, 0.1) is 33.6 Å². The maximum absolute atomic E-state index is 12.7. The summed E-state index contributed by atoms with van der Waals surface area (Å²) < 4.78 is 31.1. The van der Waals surface area contributed by atoms with Crippen LogP contribution < -0.4 is 10.0 Å². The van der Waals surface area contributed by atoms with E-state index >= 15 is 0 Å². The predicted octanol–water partition coefficient (Wildman–Crippen LogP) is 5.76. The summed E-state index contributed by atoms with van der Waals surface area (Å²) in [4.78, 5) is 5.82. The predicted molar refractivity (Wildman–Crippen MR) is 160 cm³/mol. The van der Waals surface area contributed by atoms with Crippen molar-refractivity contribution in [2.24, 2.45) is 0 Å². The average Bonchev–Trinajstić information content (AvgIpc) is 3.60. The number of β-amino-alcohol motifs (C(OH)–C–C–N with tert-alkyl or cyclic N) is 1. The molecule has 8 nitrogen and oxygen atoms in total. The van der Waals surface area contributed by atoms with Gasteiger partial charge in [0.15, 0.2) is 0 Å². The molecule has 0 aliphatic heterocycles. The molecule has 0 saturated carbocycles. The number of hydrogen-bond donors (Lipinski definition) is 4. The lowest BCUT2D eigenvalue weighted by Gasteiger charge is -2.28. The summed E-state index contributed by atoms with van der Waals surface area (Å²) in [5.41, 5.74) is 1.15. The zero-order valence-corrected chi connectivity index (χ0v) is 23.9. The van der Waals surface area contributed by atoms with Gasteiger partial charge < -0.3 is 20.1 Å². The van der Waals surface area contributed by atoms with Crippen LogP contribution in [0.25, 0.3) is 20.7 Å². The molecule has 1 atom stereocenters. The number of nitrogens with one attached hydrogen (secondary N) is 2. The molecule has 0 aliphatic carbocycles. The van der Waals surface area contributed by atoms with Crippen molar-refractivity contribution in [3.63, 3.8) is 0 Å². The zero-order valence-electron chi connectivity index (χ0n) is 22.3. The summed E-state index contributed by atoms with van der Waals surface area (Å²) in [5.74, 6) is -0.223. The van der Waals surface area contributed by atoms with E-state index in [1.165, 1.54) is 34.4 Å². The summed E-state index contributed by atoms with van der Waals surface area (Å²) >= 11 is 1.73. The van der Waals surface area contributed by atoms with E-state index in [1.54, 1.807) is 35.6 Å². The van der Waals surface area contributed by atoms with Crippen molar-refractivity contribution in [1.29, 1.82) is 0 Å². The first kappa shape index (κ1) is 27.9. The van der Waals surface area contributed by atoms with Gasteiger partial charge in [-0.25, -0.2) is 13.4 Å². The quantitative estimate of drug-likeness (QED) is 0.149. The SMILES string of the molecule is CC(C)(CCn1cnc(-c2cc3ccccc3s2)c1)NCC(O)c1ccc(O)c(NS(=O)(=O)c2ccccc2)c1. The molecule has 0 fully saturated rings. The molecule has 3 aromatic carbocycles. The average molecular weight is 577 g/mol. The number of anilines is 1. The first-order valence-corrected chi connectivity index (χ1v) is 15.2. The third kappa shape index (κ3) is 6.53. The summed E-state index contributed by atoms with van der Waals surface area (Å²) in [7, 11) is -3.88. The van der Waals surface area contributed by atoms with Gasteiger partial charge in [-0.05, 0) is 67.6 Å². The van der Waals surface area contributed by atoms with Gasteiger partial charge in [0, 0.05) is 29.5 Å². The number of imidazole rings is 1. The second-order valence-electron chi connectivity index (χ2n) is 10.4. The first-order chi connectivity index (χ1) is 19.1. The van der Waals surface area contributed by atoms with Gasteiger partial charge in [0.2, 0.25) is 0 Å². The molecule has 5 rings (SSSR count). The first-order valence-electron chi connectivity index (χ1n) is 12.9. The third-order valence-electron chi connectivity index (χ3n) is 6.78. The second-order valence-corrected chi connectivity index (χ2v) is 13.1. The van der Waals surface area contributed by atoms with Crippen LogP contribution in [-0.4, -0.2) is 40.3 Å². The topological polar surface area (TPSA) is 116 Å². The molecule has 0 spiro atoms. The minimum Gasteiger partial charge on any atom is -0.506 e. The third-order valence-corrected chi connectivity index (χ3v) is 9.30. The highest BCUT2D eigenvalue weighted by atomic mass is 32.2. The van der Waals surface area contributed by atoms with Gasteiger partial charge in [-0.15, -0.1) is 11.3 Å². The van der Waals surface area contributed by atoms with E-state index in [2.05, 4.69) is 57.8 Å². The molecule has 0 radical (unpaired) electrons. The zero-order chi connectivity index (χ0) is 28.3. The molecule has 10 heteroatoms. The van der Waals surface area contributed by atoms with Crippen molar-refractivity contribution >= 4 is 37.1 Å². The number of aromatic hydroxyl groups is 1. The molecule has 0 aliphatic rings. The molecular formula is C30H32N4O4S2. The van der Waals surface area contributed by atoms with Crippen molar-refractivity contribution < 1.29 is 18.6 Å². The fraction of sp³-hybridized carbons (Fsp3) is 0.233. The largest absolute Gasteiger partial charge is 0.506 e. The standard InChI is InChI=1S/C30H32N4O4S2/c1-30(2,14-15-34-19-25(31-20-34)29-17-22-8-6-7-11-28(22)39-29)32-18-27(36)21-12-13-26(35)24(16-21)33-40(37,38)23-9-4-3-5-10-23/h3-13,16-17,19-20,27,32-33,35-36H,14-15,18H2,1-2H3. The van der Waals surface area contributed by atoms with Crippen LogP contribution in [0.2, 0.25) is 0 Å². The van der Waals surface area contributed by atoms with Crippen LogP contribution >= 0.6 is 11.3 Å². The summed E-state index contributed by atoms with van der Waals surface area (Å²) in [5, 5.41) is 25.7. The Morgan fingerprint density at radius 1 is 1.02 bits per heavy atom. The van der Waals surface area contributed by atoms with E-state index in [9.17, 15) is 18.6 Å². The van der Waals surface area contributed by atoms with Gasteiger partial charge >= 0.3 is 0 Å². The van der Waals surface area contributed by atoms with E-state index in [0.29, 0.717) is 5.56 Å². The molecule has 2 heterocycles. The molecule has 2 aromatic heterocycles. The highest BCUT2D eigenvalue weighted by Crippen LogP contribution is 2.33. The van der Waals surface area contributed by atoms with E-state index in [1.807, 2.05) is 18.5 Å². The number of thiophene rings is 1. The minimum atomic E-state index is -3.88. The fourth-order valence-corrected chi connectivity index (χ4v) is 6.46. The van der Waals surface area contributed by atoms with Crippen molar-refractivity contribution in [2.75, 3.05) is 11.3 Å². The lowest BCUT2D eigenvalue weighted by atomic mass is 9.99. The van der Waals surface area contributed by atoms with Crippen molar-refractivity contribution in [2.45, 2.75) is 43.4 Å². The van der Waals surface area contributed by atoms with E-state index < -0.39 is 16.1 Å². The number of sulfonamides is 1. The fourth-order valence-electron chi connectivity index (χ4n) is 4.35.